The summed E-state index contributed by atoms with van der Waals surface area (Å²) in [6.07, 6.45) is 0.0313. The number of aromatic hydroxyl groups is 1. The highest BCUT2D eigenvalue weighted by Gasteiger charge is 2.31. The fourth-order valence-corrected chi connectivity index (χ4v) is 2.88. The van der Waals surface area contributed by atoms with Gasteiger partial charge in [0.25, 0.3) is 5.91 Å². The van der Waals surface area contributed by atoms with Gasteiger partial charge in [-0.05, 0) is 30.3 Å². The molecule has 1 unspecified atom stereocenters. The van der Waals surface area contributed by atoms with Gasteiger partial charge < -0.3 is 16.2 Å². The summed E-state index contributed by atoms with van der Waals surface area (Å²) in [5.41, 5.74) is 6.95. The Morgan fingerprint density at radius 3 is 2.67 bits per heavy atom. The summed E-state index contributed by atoms with van der Waals surface area (Å²) in [4.78, 5) is 12.4. The molecule has 2 aromatic carbocycles. The first-order valence-corrected chi connectivity index (χ1v) is 8.16. The number of nitrogens with one attached hydrogen (secondary N) is 1. The third-order valence-corrected chi connectivity index (χ3v) is 4.21. The van der Waals surface area contributed by atoms with E-state index in [4.69, 9.17) is 5.73 Å². The van der Waals surface area contributed by atoms with Gasteiger partial charge in [0.1, 0.15) is 11.6 Å². The molecule has 1 aromatic heterocycles. The number of nitrogen functional groups attached to an aromatic ring is 1. The molecule has 2 heterocycles. The first-order valence-electron chi connectivity index (χ1n) is 8.16. The number of hydrogen-bond acceptors (Lipinski definition) is 7. The third kappa shape index (κ3) is 3.10. The van der Waals surface area contributed by atoms with Crippen molar-refractivity contribution in [1.82, 2.24) is 9.78 Å². The monoisotopic (exact) mass is 366 g/mol. The second kappa shape index (κ2) is 6.52. The van der Waals surface area contributed by atoms with Gasteiger partial charge in [-0.15, -0.1) is 10.2 Å². The molecule has 0 saturated heterocycles. The Hall–Kier alpha value is -3.75. The fourth-order valence-electron chi connectivity index (χ4n) is 2.88. The van der Waals surface area contributed by atoms with Crippen LogP contribution in [-0.2, 0) is 0 Å². The van der Waals surface area contributed by atoms with Gasteiger partial charge in [-0.3, -0.25) is 4.79 Å². The average molecular weight is 366 g/mol. The normalized spacial score (nSPS) is 16.3. The maximum absolute atomic E-state index is 14.1. The number of benzene rings is 2. The second-order valence-electron chi connectivity index (χ2n) is 6.03. The number of phenolic OH excluding ortho intramolecular Hbond substituents is 1. The molecular formula is C18H15FN6O2. The molecule has 8 nitrogen and oxygen atoms in total. The summed E-state index contributed by atoms with van der Waals surface area (Å²) in [5, 5.41) is 24.6. The summed E-state index contributed by atoms with van der Waals surface area (Å²) in [6.45, 7) is 0. The Morgan fingerprint density at radius 1 is 1.19 bits per heavy atom. The highest BCUT2D eigenvalue weighted by molar-refractivity contribution is 5.90. The van der Waals surface area contributed by atoms with Crippen molar-refractivity contribution in [3.05, 3.63) is 59.9 Å². The number of carbonyl (C=O) groups is 1. The molecule has 3 aromatic rings. The van der Waals surface area contributed by atoms with Gasteiger partial charge in [0, 0.05) is 5.56 Å². The van der Waals surface area contributed by atoms with Crippen LogP contribution in [0.2, 0.25) is 0 Å². The number of phenols is 1. The van der Waals surface area contributed by atoms with Crippen molar-refractivity contribution in [3.8, 4) is 5.75 Å². The molecule has 1 aliphatic rings. The molecule has 4 N–H and O–H groups in total. The van der Waals surface area contributed by atoms with Crippen molar-refractivity contribution in [2.24, 2.45) is 10.2 Å². The summed E-state index contributed by atoms with van der Waals surface area (Å²) in [5.74, 6) is -0.329. The lowest BCUT2D eigenvalue weighted by Gasteiger charge is -2.25. The van der Waals surface area contributed by atoms with Crippen molar-refractivity contribution >= 4 is 28.9 Å². The number of rotatable bonds is 3. The number of hydrogen-bond donors (Lipinski definition) is 3. The molecule has 0 spiro atoms. The van der Waals surface area contributed by atoms with E-state index in [1.807, 2.05) is 0 Å². The van der Waals surface area contributed by atoms with Crippen LogP contribution in [-0.4, -0.2) is 20.8 Å². The van der Waals surface area contributed by atoms with Gasteiger partial charge >= 0.3 is 0 Å². The zero-order chi connectivity index (χ0) is 19.0. The quantitative estimate of drug-likeness (QED) is 0.607. The highest BCUT2D eigenvalue weighted by Crippen LogP contribution is 2.39. The molecule has 9 heteroatoms. The maximum atomic E-state index is 14.1. The zero-order valence-corrected chi connectivity index (χ0v) is 14.0. The van der Waals surface area contributed by atoms with Crippen molar-refractivity contribution in [3.63, 3.8) is 0 Å². The van der Waals surface area contributed by atoms with Crippen LogP contribution in [0.25, 0.3) is 0 Å². The van der Waals surface area contributed by atoms with E-state index in [9.17, 15) is 14.3 Å². The Bertz CT molecular complexity index is 1040. The zero-order valence-electron chi connectivity index (χ0n) is 14.0. The SMILES string of the molecule is Nc1nn2c(c1N=Nc1ccc(O)cc1)NC(c1ccccc1F)CC2=O. The molecule has 0 bridgehead atoms. The van der Waals surface area contributed by atoms with Crippen LogP contribution >= 0.6 is 0 Å². The minimum atomic E-state index is -0.565. The standard InChI is InChI=1S/C18H15FN6O2/c19-13-4-2-1-3-12(13)14-9-15(27)25-18(21-14)16(17(20)24-25)23-22-10-5-7-11(26)8-6-10/h1-8,14,21,26H,9H2,(H2,20,24). The van der Waals surface area contributed by atoms with E-state index >= 15 is 0 Å². The van der Waals surface area contributed by atoms with E-state index in [0.29, 0.717) is 11.3 Å². The van der Waals surface area contributed by atoms with Crippen LogP contribution in [0.1, 0.15) is 22.8 Å². The van der Waals surface area contributed by atoms with Crippen molar-refractivity contribution in [2.45, 2.75) is 12.5 Å². The number of carbonyl (C=O) groups excluding carboxylic acids is 1. The van der Waals surface area contributed by atoms with E-state index in [1.165, 1.54) is 18.2 Å². The van der Waals surface area contributed by atoms with Crippen LogP contribution in [0.3, 0.4) is 0 Å². The van der Waals surface area contributed by atoms with Gasteiger partial charge in [0.15, 0.2) is 17.3 Å². The molecule has 1 aliphatic heterocycles. The molecule has 0 saturated carbocycles. The minimum absolute atomic E-state index is 0.0301. The van der Waals surface area contributed by atoms with Crippen LogP contribution < -0.4 is 11.1 Å². The molecule has 0 amide bonds. The second-order valence-corrected chi connectivity index (χ2v) is 6.03. The number of nitrogens with zero attached hydrogens (tertiary/aromatic N) is 4. The number of halogens is 1. The largest absolute Gasteiger partial charge is 0.508 e. The number of aromatic nitrogens is 2. The van der Waals surface area contributed by atoms with Gasteiger partial charge in [-0.2, -0.15) is 9.80 Å². The highest BCUT2D eigenvalue weighted by atomic mass is 19.1. The summed E-state index contributed by atoms with van der Waals surface area (Å²) in [6, 6.07) is 11.8. The summed E-state index contributed by atoms with van der Waals surface area (Å²) >= 11 is 0. The molecule has 27 heavy (non-hydrogen) atoms. The van der Waals surface area contributed by atoms with Crippen LogP contribution in [0, 0.1) is 5.82 Å². The van der Waals surface area contributed by atoms with Crippen molar-refractivity contribution < 1.29 is 14.3 Å². The number of anilines is 2. The lowest BCUT2D eigenvalue weighted by molar-refractivity contribution is 0.0872. The van der Waals surface area contributed by atoms with E-state index in [2.05, 4.69) is 20.6 Å². The van der Waals surface area contributed by atoms with Crippen LogP contribution in [0.15, 0.2) is 58.8 Å². The van der Waals surface area contributed by atoms with Gasteiger partial charge in [-0.1, -0.05) is 18.2 Å². The van der Waals surface area contributed by atoms with Crippen LogP contribution in [0.5, 0.6) is 5.75 Å². The summed E-state index contributed by atoms with van der Waals surface area (Å²) in [7, 11) is 0. The first kappa shape index (κ1) is 16.7. The van der Waals surface area contributed by atoms with Crippen LogP contribution in [0.4, 0.5) is 27.4 Å². The predicted molar refractivity (Wildman–Crippen MR) is 96.9 cm³/mol. The van der Waals surface area contributed by atoms with Crippen molar-refractivity contribution in [2.75, 3.05) is 11.1 Å². The number of fused-ring (bicyclic) bond motifs is 1. The Balaban J connectivity index is 1.70. The molecule has 0 fully saturated rings. The molecular weight excluding hydrogens is 351 g/mol. The van der Waals surface area contributed by atoms with Crippen molar-refractivity contribution in [1.29, 1.82) is 0 Å². The smallest absolute Gasteiger partial charge is 0.251 e. The molecule has 1 atom stereocenters. The van der Waals surface area contributed by atoms with Gasteiger partial charge in [0.05, 0.1) is 18.2 Å². The number of azo groups is 1. The lowest BCUT2D eigenvalue weighted by Crippen LogP contribution is -2.29. The average Bonchev–Trinajstić information content (AvgIpc) is 2.98. The third-order valence-electron chi connectivity index (χ3n) is 4.21. The van der Waals surface area contributed by atoms with E-state index < -0.39 is 11.9 Å². The number of nitrogens with two attached hydrogens (primary N) is 1. The lowest BCUT2D eigenvalue weighted by atomic mass is 10.0. The Labute approximate surface area is 153 Å². The maximum Gasteiger partial charge on any atom is 0.251 e. The van der Waals surface area contributed by atoms with E-state index in [-0.39, 0.29) is 35.4 Å². The molecule has 0 radical (unpaired) electrons. The molecule has 0 aliphatic carbocycles. The van der Waals surface area contributed by atoms with E-state index in [1.54, 1.807) is 30.3 Å². The molecule has 4 rings (SSSR count). The van der Waals surface area contributed by atoms with E-state index in [0.717, 1.165) is 4.68 Å². The Kier molecular flexibility index (Phi) is 4.03. The molecule has 136 valence electrons. The topological polar surface area (TPSA) is 118 Å². The predicted octanol–water partition coefficient (Wildman–Crippen LogP) is 3.92. The minimum Gasteiger partial charge on any atom is -0.508 e. The van der Waals surface area contributed by atoms with Gasteiger partial charge in [-0.25, -0.2) is 4.39 Å². The van der Waals surface area contributed by atoms with Gasteiger partial charge in [0.2, 0.25) is 0 Å². The Morgan fingerprint density at radius 2 is 1.93 bits per heavy atom. The summed E-state index contributed by atoms with van der Waals surface area (Å²) < 4.78 is 15.2. The fraction of sp³-hybridized carbons (Fsp3) is 0.111. The first-order chi connectivity index (χ1) is 13.0.